The number of aromatic nitrogens is 3. The minimum Gasteiger partial charge on any atom is -0.452 e. The standard InChI is InChI=1S/C16H18N4O2/c1-19-9-11(6-12-8-17-10-18-12)14-7-13(4-5-15(14)19)20(2)16(21)22-3/h4-5,7-10H,6H2,1-3H3,(H,17,18). The number of benzene rings is 1. The molecule has 2 aromatic heterocycles. The minimum atomic E-state index is -0.385. The Morgan fingerprint density at radius 1 is 1.45 bits per heavy atom. The highest BCUT2D eigenvalue weighted by Crippen LogP contribution is 2.27. The molecule has 2 heterocycles. The summed E-state index contributed by atoms with van der Waals surface area (Å²) in [5.41, 5.74) is 4.07. The van der Waals surface area contributed by atoms with Gasteiger partial charge in [-0.25, -0.2) is 9.78 Å². The predicted molar refractivity (Wildman–Crippen MR) is 85.1 cm³/mol. The van der Waals surface area contributed by atoms with Crippen molar-refractivity contribution in [3.63, 3.8) is 0 Å². The van der Waals surface area contributed by atoms with Gasteiger partial charge in [-0.2, -0.15) is 0 Å². The van der Waals surface area contributed by atoms with Crippen molar-refractivity contribution in [3.05, 3.63) is 48.2 Å². The first-order valence-corrected chi connectivity index (χ1v) is 6.97. The predicted octanol–water partition coefficient (Wildman–Crippen LogP) is 2.69. The van der Waals surface area contributed by atoms with E-state index in [2.05, 4.69) is 20.7 Å². The number of nitrogens with zero attached hydrogens (tertiary/aromatic N) is 3. The van der Waals surface area contributed by atoms with E-state index in [0.717, 1.165) is 28.7 Å². The number of nitrogens with one attached hydrogen (secondary N) is 1. The first kappa shape index (κ1) is 14.2. The molecule has 6 nitrogen and oxygen atoms in total. The first-order chi connectivity index (χ1) is 10.6. The highest BCUT2D eigenvalue weighted by atomic mass is 16.5. The van der Waals surface area contributed by atoms with Crippen LogP contribution in [0.3, 0.4) is 0 Å². The van der Waals surface area contributed by atoms with Crippen LogP contribution in [0.2, 0.25) is 0 Å². The zero-order valence-corrected chi connectivity index (χ0v) is 12.8. The van der Waals surface area contributed by atoms with Crippen LogP contribution in [0.4, 0.5) is 10.5 Å². The summed E-state index contributed by atoms with van der Waals surface area (Å²) in [7, 11) is 5.09. The Kier molecular flexibility index (Phi) is 3.58. The third kappa shape index (κ3) is 2.43. The van der Waals surface area contributed by atoms with Crippen LogP contribution in [-0.2, 0) is 18.2 Å². The number of anilines is 1. The quantitative estimate of drug-likeness (QED) is 0.808. The maximum Gasteiger partial charge on any atom is 0.413 e. The second kappa shape index (κ2) is 5.55. The molecular formula is C16H18N4O2. The summed E-state index contributed by atoms with van der Waals surface area (Å²) in [6.45, 7) is 0. The summed E-state index contributed by atoms with van der Waals surface area (Å²) in [5.74, 6) is 0. The van der Waals surface area contributed by atoms with Crippen LogP contribution in [0.1, 0.15) is 11.3 Å². The lowest BCUT2D eigenvalue weighted by molar-refractivity contribution is 0.180. The van der Waals surface area contributed by atoms with E-state index in [9.17, 15) is 4.79 Å². The van der Waals surface area contributed by atoms with E-state index in [1.54, 1.807) is 13.4 Å². The van der Waals surface area contributed by atoms with E-state index >= 15 is 0 Å². The first-order valence-electron chi connectivity index (χ1n) is 6.97. The molecule has 0 aliphatic carbocycles. The van der Waals surface area contributed by atoms with Crippen LogP contribution in [0.25, 0.3) is 10.9 Å². The third-order valence-electron chi connectivity index (χ3n) is 3.82. The van der Waals surface area contributed by atoms with Crippen molar-refractivity contribution in [2.24, 2.45) is 7.05 Å². The number of rotatable bonds is 3. The van der Waals surface area contributed by atoms with Gasteiger partial charge < -0.3 is 14.3 Å². The van der Waals surface area contributed by atoms with Crippen molar-refractivity contribution in [3.8, 4) is 0 Å². The lowest BCUT2D eigenvalue weighted by Crippen LogP contribution is -2.25. The summed E-state index contributed by atoms with van der Waals surface area (Å²) >= 11 is 0. The SMILES string of the molecule is COC(=O)N(C)c1ccc2c(c1)c(Cc1c[nH]cn1)cn2C. The number of fused-ring (bicyclic) bond motifs is 1. The molecule has 6 heteroatoms. The minimum absolute atomic E-state index is 0.385. The Labute approximate surface area is 128 Å². The average Bonchev–Trinajstić information content (AvgIpc) is 3.15. The van der Waals surface area contributed by atoms with Gasteiger partial charge in [-0.3, -0.25) is 4.90 Å². The van der Waals surface area contributed by atoms with Gasteiger partial charge in [0.05, 0.1) is 19.1 Å². The Bertz CT molecular complexity index is 805. The fourth-order valence-corrected chi connectivity index (χ4v) is 2.64. The van der Waals surface area contributed by atoms with E-state index in [0.29, 0.717) is 0 Å². The van der Waals surface area contributed by atoms with Gasteiger partial charge in [-0.1, -0.05) is 0 Å². The topological polar surface area (TPSA) is 63.1 Å². The number of H-pyrrole nitrogens is 1. The fourth-order valence-electron chi connectivity index (χ4n) is 2.64. The molecule has 0 unspecified atom stereocenters. The van der Waals surface area contributed by atoms with Crippen LogP contribution in [-0.4, -0.2) is 34.8 Å². The van der Waals surface area contributed by atoms with E-state index in [1.165, 1.54) is 17.6 Å². The largest absolute Gasteiger partial charge is 0.452 e. The normalized spacial score (nSPS) is 10.9. The number of hydrogen-bond donors (Lipinski definition) is 1. The Morgan fingerprint density at radius 3 is 2.95 bits per heavy atom. The fraction of sp³-hybridized carbons (Fsp3) is 0.250. The summed E-state index contributed by atoms with van der Waals surface area (Å²) in [4.78, 5) is 20.4. The zero-order valence-electron chi connectivity index (χ0n) is 12.8. The average molecular weight is 298 g/mol. The summed E-state index contributed by atoms with van der Waals surface area (Å²) in [6.07, 6.45) is 6.03. The molecule has 0 fully saturated rings. The van der Waals surface area contributed by atoms with Crippen LogP contribution < -0.4 is 4.90 Å². The molecule has 0 atom stereocenters. The molecule has 3 rings (SSSR count). The number of carbonyl (C=O) groups excluding carboxylic acids is 1. The lowest BCUT2D eigenvalue weighted by atomic mass is 10.1. The summed E-state index contributed by atoms with van der Waals surface area (Å²) in [5, 5.41) is 1.11. The molecule has 0 bridgehead atoms. The van der Waals surface area contributed by atoms with Crippen molar-refractivity contribution in [1.82, 2.24) is 14.5 Å². The third-order valence-corrected chi connectivity index (χ3v) is 3.82. The summed E-state index contributed by atoms with van der Waals surface area (Å²) in [6, 6.07) is 5.93. The van der Waals surface area contributed by atoms with Gasteiger partial charge in [0.1, 0.15) is 0 Å². The number of hydrogen-bond acceptors (Lipinski definition) is 3. The molecule has 1 aromatic carbocycles. The Morgan fingerprint density at radius 2 is 2.27 bits per heavy atom. The molecular weight excluding hydrogens is 280 g/mol. The molecule has 0 spiro atoms. The van der Waals surface area contributed by atoms with E-state index in [4.69, 9.17) is 4.74 Å². The number of carbonyl (C=O) groups is 1. The molecule has 0 radical (unpaired) electrons. The van der Waals surface area contributed by atoms with Gasteiger partial charge in [0.2, 0.25) is 0 Å². The van der Waals surface area contributed by atoms with Crippen molar-refractivity contribution in [2.45, 2.75) is 6.42 Å². The van der Waals surface area contributed by atoms with Gasteiger partial charge in [0.15, 0.2) is 0 Å². The Hall–Kier alpha value is -2.76. The molecule has 114 valence electrons. The van der Waals surface area contributed by atoms with Crippen LogP contribution in [0.5, 0.6) is 0 Å². The van der Waals surface area contributed by atoms with E-state index in [-0.39, 0.29) is 6.09 Å². The van der Waals surface area contributed by atoms with Crippen LogP contribution in [0, 0.1) is 0 Å². The molecule has 0 aliphatic rings. The van der Waals surface area contributed by atoms with Crippen LogP contribution >= 0.6 is 0 Å². The Balaban J connectivity index is 2.04. The highest BCUT2D eigenvalue weighted by Gasteiger charge is 2.14. The maximum atomic E-state index is 11.7. The maximum absolute atomic E-state index is 11.7. The lowest BCUT2D eigenvalue weighted by Gasteiger charge is -2.15. The zero-order chi connectivity index (χ0) is 15.7. The van der Waals surface area contributed by atoms with Crippen molar-refractivity contribution in [2.75, 3.05) is 19.1 Å². The highest BCUT2D eigenvalue weighted by molar-refractivity contribution is 5.93. The van der Waals surface area contributed by atoms with E-state index < -0.39 is 0 Å². The van der Waals surface area contributed by atoms with Crippen molar-refractivity contribution >= 4 is 22.7 Å². The van der Waals surface area contributed by atoms with Crippen molar-refractivity contribution in [1.29, 1.82) is 0 Å². The number of aromatic amines is 1. The monoisotopic (exact) mass is 298 g/mol. The molecule has 0 saturated carbocycles. The number of aryl methyl sites for hydroxylation is 1. The number of amides is 1. The molecule has 1 amide bonds. The van der Waals surface area contributed by atoms with Gasteiger partial charge in [-0.05, 0) is 23.8 Å². The number of methoxy groups -OCH3 is 1. The summed E-state index contributed by atoms with van der Waals surface area (Å²) < 4.78 is 6.85. The second-order valence-electron chi connectivity index (χ2n) is 5.23. The number of imidazole rings is 1. The second-order valence-corrected chi connectivity index (χ2v) is 5.23. The van der Waals surface area contributed by atoms with E-state index in [1.807, 2.05) is 31.4 Å². The van der Waals surface area contributed by atoms with Crippen molar-refractivity contribution < 1.29 is 9.53 Å². The van der Waals surface area contributed by atoms with Gasteiger partial charge in [0.25, 0.3) is 0 Å². The van der Waals surface area contributed by atoms with Gasteiger partial charge in [-0.15, -0.1) is 0 Å². The number of ether oxygens (including phenoxy) is 1. The molecule has 22 heavy (non-hydrogen) atoms. The molecule has 0 saturated heterocycles. The van der Waals surface area contributed by atoms with Crippen LogP contribution in [0.15, 0.2) is 36.9 Å². The molecule has 3 aromatic rings. The van der Waals surface area contributed by atoms with Gasteiger partial charge in [0, 0.05) is 49.5 Å². The molecule has 1 N–H and O–H groups in total. The van der Waals surface area contributed by atoms with Gasteiger partial charge >= 0.3 is 6.09 Å². The smallest absolute Gasteiger partial charge is 0.413 e. The molecule has 0 aliphatic heterocycles.